The van der Waals surface area contributed by atoms with Gasteiger partial charge in [-0.25, -0.2) is 10.2 Å². The summed E-state index contributed by atoms with van der Waals surface area (Å²) in [6, 6.07) is 11.8. The third-order valence-corrected chi connectivity index (χ3v) is 8.22. The van der Waals surface area contributed by atoms with Crippen LogP contribution in [0.15, 0.2) is 47.6 Å². The number of carbonyl (C=O) groups is 3. The van der Waals surface area contributed by atoms with Crippen LogP contribution >= 0.6 is 11.3 Å². The average molecular weight is 622 g/mol. The Balaban J connectivity index is 1.32. The summed E-state index contributed by atoms with van der Waals surface area (Å²) in [5.41, 5.74) is 5.05. The molecule has 1 atom stereocenters. The topological polar surface area (TPSA) is 125 Å². The van der Waals surface area contributed by atoms with Crippen LogP contribution in [0.5, 0.6) is 17.2 Å². The van der Waals surface area contributed by atoms with Gasteiger partial charge in [0.05, 0.1) is 32.1 Å². The van der Waals surface area contributed by atoms with Crippen molar-refractivity contribution in [3.63, 3.8) is 0 Å². The zero-order valence-electron chi connectivity index (χ0n) is 25.6. The summed E-state index contributed by atoms with van der Waals surface area (Å²) in [7, 11) is 1.57. The molecule has 0 fully saturated rings. The number of nitrogens with zero attached hydrogens (tertiary/aromatic N) is 1. The number of rotatable bonds is 14. The van der Waals surface area contributed by atoms with Gasteiger partial charge in [-0.2, -0.15) is 5.10 Å². The minimum atomic E-state index is -0.847. The molecule has 2 aromatic carbocycles. The van der Waals surface area contributed by atoms with E-state index in [4.69, 9.17) is 18.9 Å². The number of amides is 2. The number of hydrogen-bond donors (Lipinski definition) is 2. The highest BCUT2D eigenvalue weighted by atomic mass is 32.1. The van der Waals surface area contributed by atoms with Gasteiger partial charge >= 0.3 is 5.97 Å². The Morgan fingerprint density at radius 3 is 2.55 bits per heavy atom. The van der Waals surface area contributed by atoms with Gasteiger partial charge in [-0.15, -0.1) is 11.3 Å². The number of nitrogens with one attached hydrogen (secondary N) is 2. The van der Waals surface area contributed by atoms with Gasteiger partial charge in [0, 0.05) is 10.4 Å². The van der Waals surface area contributed by atoms with Gasteiger partial charge < -0.3 is 24.3 Å². The number of methoxy groups -OCH3 is 1. The van der Waals surface area contributed by atoms with Crippen molar-refractivity contribution in [2.45, 2.75) is 65.4 Å². The highest BCUT2D eigenvalue weighted by molar-refractivity contribution is 7.17. The number of ether oxygens (including phenoxy) is 4. The lowest BCUT2D eigenvalue weighted by Gasteiger charge is -2.13. The van der Waals surface area contributed by atoms with Crippen molar-refractivity contribution in [2.75, 3.05) is 25.6 Å². The summed E-state index contributed by atoms with van der Waals surface area (Å²) in [5, 5.41) is 7.45. The molecule has 0 radical (unpaired) electrons. The van der Waals surface area contributed by atoms with Gasteiger partial charge in [-0.05, 0) is 99.5 Å². The molecule has 10 nitrogen and oxygen atoms in total. The molecule has 4 rings (SSSR count). The Kier molecular flexibility index (Phi) is 11.8. The number of unbranched alkanes of at least 4 members (excludes halogenated alkanes) is 1. The van der Waals surface area contributed by atoms with E-state index < -0.39 is 18.0 Å². The monoisotopic (exact) mass is 621 g/mol. The van der Waals surface area contributed by atoms with Crippen LogP contribution in [0.1, 0.15) is 83.2 Å². The Bertz CT molecular complexity index is 1480. The van der Waals surface area contributed by atoms with Crippen LogP contribution in [0.4, 0.5) is 5.00 Å². The van der Waals surface area contributed by atoms with Gasteiger partial charge in [-0.1, -0.05) is 13.3 Å². The highest BCUT2D eigenvalue weighted by Gasteiger charge is 2.27. The van der Waals surface area contributed by atoms with Crippen molar-refractivity contribution >= 4 is 40.3 Å². The van der Waals surface area contributed by atoms with E-state index in [9.17, 15) is 14.4 Å². The third kappa shape index (κ3) is 8.37. The summed E-state index contributed by atoms with van der Waals surface area (Å²) < 4.78 is 22.2. The van der Waals surface area contributed by atoms with E-state index in [1.54, 1.807) is 57.4 Å². The highest BCUT2D eigenvalue weighted by Crippen LogP contribution is 2.39. The predicted molar refractivity (Wildman–Crippen MR) is 171 cm³/mol. The fourth-order valence-corrected chi connectivity index (χ4v) is 5.93. The Morgan fingerprint density at radius 1 is 1.05 bits per heavy atom. The molecule has 3 aromatic rings. The zero-order chi connectivity index (χ0) is 31.5. The molecule has 0 saturated heterocycles. The van der Waals surface area contributed by atoms with Gasteiger partial charge in [0.15, 0.2) is 17.6 Å². The Hall–Kier alpha value is -4.38. The molecule has 2 amide bonds. The molecule has 1 aliphatic rings. The number of aryl methyl sites for hydroxylation is 1. The van der Waals surface area contributed by atoms with Crippen molar-refractivity contribution in [1.82, 2.24) is 5.43 Å². The molecule has 1 aromatic heterocycles. The van der Waals surface area contributed by atoms with Gasteiger partial charge in [0.1, 0.15) is 10.8 Å². The van der Waals surface area contributed by atoms with E-state index in [0.29, 0.717) is 40.0 Å². The minimum Gasteiger partial charge on any atom is -0.493 e. The third-order valence-electron chi connectivity index (χ3n) is 7.01. The standard InChI is InChI=1S/C33H39N3O7S/c1-5-7-18-42-26-17-12-22(19-27(26)40-4)20-34-36-30(37)21(3)43-24-15-13-23(14-16-24)31(38)35-32-29(33(39)41-6-2)25-10-8-9-11-28(25)44-32/h12-17,19-21H,5-11,18H2,1-4H3,(H,35,38)(H,36,37)/b34-20-/t21-/m1/s1. The number of esters is 1. The van der Waals surface area contributed by atoms with Crippen molar-refractivity contribution in [1.29, 1.82) is 0 Å². The SMILES string of the molecule is CCCCOc1ccc(/C=N\NC(=O)[C@@H](C)Oc2ccc(C(=O)Nc3sc4c(c3C(=O)OCC)CCCC4)cc2)cc1OC. The lowest BCUT2D eigenvalue weighted by Crippen LogP contribution is -2.33. The van der Waals surface area contributed by atoms with E-state index in [0.717, 1.165) is 54.5 Å². The van der Waals surface area contributed by atoms with Crippen molar-refractivity contribution in [2.24, 2.45) is 5.10 Å². The summed E-state index contributed by atoms with van der Waals surface area (Å²) in [4.78, 5) is 39.5. The van der Waals surface area contributed by atoms with Gasteiger partial charge in [0.25, 0.3) is 11.8 Å². The summed E-state index contributed by atoms with van der Waals surface area (Å²) in [6.45, 7) is 6.34. The van der Waals surface area contributed by atoms with Crippen LogP contribution in [-0.2, 0) is 22.4 Å². The minimum absolute atomic E-state index is 0.263. The molecule has 0 saturated carbocycles. The predicted octanol–water partition coefficient (Wildman–Crippen LogP) is 6.16. The maximum Gasteiger partial charge on any atom is 0.341 e. The number of carbonyl (C=O) groups excluding carboxylic acids is 3. The van der Waals surface area contributed by atoms with E-state index in [1.165, 1.54) is 17.6 Å². The van der Waals surface area contributed by atoms with Crippen LogP contribution in [0.3, 0.4) is 0 Å². The summed E-state index contributed by atoms with van der Waals surface area (Å²) >= 11 is 1.44. The smallest absolute Gasteiger partial charge is 0.341 e. The Morgan fingerprint density at radius 2 is 1.82 bits per heavy atom. The normalized spacial score (nSPS) is 13.1. The van der Waals surface area contributed by atoms with E-state index in [1.807, 2.05) is 6.07 Å². The number of anilines is 1. The van der Waals surface area contributed by atoms with Crippen molar-refractivity contribution in [3.05, 3.63) is 69.6 Å². The summed E-state index contributed by atoms with van der Waals surface area (Å²) in [6.07, 6.45) is 6.41. The molecule has 44 heavy (non-hydrogen) atoms. The molecule has 1 aliphatic carbocycles. The fourth-order valence-electron chi connectivity index (χ4n) is 4.66. The molecule has 0 unspecified atom stereocenters. The Labute approximate surface area is 261 Å². The number of fused-ring (bicyclic) bond motifs is 1. The van der Waals surface area contributed by atoms with E-state index >= 15 is 0 Å². The number of benzene rings is 2. The number of hydrazone groups is 1. The first-order valence-electron chi connectivity index (χ1n) is 14.9. The lowest BCUT2D eigenvalue weighted by molar-refractivity contribution is -0.127. The molecule has 0 aliphatic heterocycles. The number of thiophene rings is 1. The average Bonchev–Trinajstić information content (AvgIpc) is 3.39. The lowest BCUT2D eigenvalue weighted by atomic mass is 9.95. The van der Waals surface area contributed by atoms with E-state index in [-0.39, 0.29) is 12.5 Å². The van der Waals surface area contributed by atoms with E-state index in [2.05, 4.69) is 22.8 Å². The largest absolute Gasteiger partial charge is 0.493 e. The first-order valence-corrected chi connectivity index (χ1v) is 15.7. The van der Waals surface area contributed by atoms with Crippen LogP contribution in [0.25, 0.3) is 0 Å². The quantitative estimate of drug-likeness (QED) is 0.0956. The summed E-state index contributed by atoms with van der Waals surface area (Å²) in [5.74, 6) is 0.446. The second-order valence-electron chi connectivity index (χ2n) is 10.2. The first-order chi connectivity index (χ1) is 21.3. The van der Waals surface area contributed by atoms with Crippen LogP contribution in [0.2, 0.25) is 0 Å². The van der Waals surface area contributed by atoms with Gasteiger partial charge in [0.2, 0.25) is 0 Å². The molecule has 2 N–H and O–H groups in total. The molecule has 234 valence electrons. The first kappa shape index (κ1) is 32.5. The maximum absolute atomic E-state index is 13.1. The molecule has 0 spiro atoms. The van der Waals surface area contributed by atoms with Crippen LogP contribution in [0, 0.1) is 0 Å². The van der Waals surface area contributed by atoms with Crippen molar-refractivity contribution in [3.8, 4) is 17.2 Å². The van der Waals surface area contributed by atoms with Gasteiger partial charge in [-0.3, -0.25) is 9.59 Å². The molecule has 1 heterocycles. The molecule has 0 bridgehead atoms. The van der Waals surface area contributed by atoms with Crippen LogP contribution < -0.4 is 25.0 Å². The second kappa shape index (κ2) is 15.9. The number of hydrogen-bond acceptors (Lipinski definition) is 9. The molecular weight excluding hydrogens is 582 g/mol. The molecule has 11 heteroatoms. The van der Waals surface area contributed by atoms with Crippen LogP contribution in [-0.4, -0.2) is 50.4 Å². The maximum atomic E-state index is 13.1. The fraction of sp³-hybridized carbons (Fsp3) is 0.394. The van der Waals surface area contributed by atoms with Crippen molar-refractivity contribution < 1.29 is 33.3 Å². The molecular formula is C33H39N3O7S. The second-order valence-corrected chi connectivity index (χ2v) is 11.3. The zero-order valence-corrected chi connectivity index (χ0v) is 26.4.